The number of anilines is 1. The highest BCUT2D eigenvalue weighted by Gasteiger charge is 2.41. The molecule has 100 valence electrons. The molecule has 1 atom stereocenters. The van der Waals surface area contributed by atoms with E-state index in [1.54, 1.807) is 7.05 Å². The number of alkyl halides is 2. The summed E-state index contributed by atoms with van der Waals surface area (Å²) in [6.45, 7) is 1.99. The highest BCUT2D eigenvalue weighted by Crippen LogP contribution is 2.43. The minimum absolute atomic E-state index is 0.0621. The Morgan fingerprint density at radius 3 is 2.67 bits per heavy atom. The second-order valence-electron chi connectivity index (χ2n) is 4.59. The van der Waals surface area contributed by atoms with Gasteiger partial charge in [0.1, 0.15) is 11.6 Å². The van der Waals surface area contributed by atoms with Gasteiger partial charge in [-0.15, -0.1) is 0 Å². The predicted octanol–water partition coefficient (Wildman–Crippen LogP) is 3.75. The van der Waals surface area contributed by atoms with Crippen LogP contribution in [-0.2, 0) is 6.42 Å². The zero-order valence-electron chi connectivity index (χ0n) is 10.4. The molecule has 1 aliphatic rings. The van der Waals surface area contributed by atoms with Crippen LogP contribution >= 0.6 is 15.9 Å². The largest absolute Gasteiger partial charge is 0.372 e. The van der Waals surface area contributed by atoms with E-state index in [9.17, 15) is 8.78 Å². The van der Waals surface area contributed by atoms with Crippen molar-refractivity contribution >= 4 is 21.7 Å². The maximum Gasteiger partial charge on any atom is 0.248 e. The average molecular weight is 320 g/mol. The van der Waals surface area contributed by atoms with E-state index in [-0.39, 0.29) is 18.8 Å². The maximum atomic E-state index is 13.2. The first-order valence-electron chi connectivity index (χ1n) is 6.08. The molecule has 1 fully saturated rings. The Morgan fingerprint density at radius 2 is 2.17 bits per heavy atom. The van der Waals surface area contributed by atoms with Crippen molar-refractivity contribution in [3.05, 3.63) is 16.0 Å². The van der Waals surface area contributed by atoms with E-state index in [4.69, 9.17) is 0 Å². The van der Waals surface area contributed by atoms with Gasteiger partial charge in [0.05, 0.1) is 10.2 Å². The molecular weight excluding hydrogens is 304 g/mol. The van der Waals surface area contributed by atoms with Crippen molar-refractivity contribution in [1.82, 2.24) is 9.97 Å². The molecule has 1 heterocycles. The molecule has 0 aliphatic heterocycles. The second kappa shape index (κ2) is 5.07. The third-order valence-electron chi connectivity index (χ3n) is 3.28. The van der Waals surface area contributed by atoms with Crippen LogP contribution in [-0.4, -0.2) is 22.9 Å². The molecule has 1 N–H and O–H groups in total. The number of hydrogen-bond donors (Lipinski definition) is 1. The van der Waals surface area contributed by atoms with Gasteiger partial charge >= 0.3 is 0 Å². The normalized spacial score (nSPS) is 22.2. The van der Waals surface area contributed by atoms with Crippen LogP contribution in [0.25, 0.3) is 0 Å². The molecular formula is C12H16BrF2N3. The lowest BCUT2D eigenvalue weighted by Gasteiger charge is -2.14. The molecule has 1 unspecified atom stereocenters. The molecule has 0 aromatic carbocycles. The molecule has 3 nitrogen and oxygen atoms in total. The molecule has 1 saturated carbocycles. The van der Waals surface area contributed by atoms with E-state index in [2.05, 4.69) is 31.2 Å². The Morgan fingerprint density at radius 1 is 1.44 bits per heavy atom. The van der Waals surface area contributed by atoms with Crippen molar-refractivity contribution in [1.29, 1.82) is 0 Å². The summed E-state index contributed by atoms with van der Waals surface area (Å²) >= 11 is 3.43. The number of aromatic nitrogens is 2. The first-order valence-corrected chi connectivity index (χ1v) is 6.88. The smallest absolute Gasteiger partial charge is 0.248 e. The lowest BCUT2D eigenvalue weighted by molar-refractivity contribution is 0.00753. The summed E-state index contributed by atoms with van der Waals surface area (Å²) < 4.78 is 27.3. The third-order valence-corrected chi connectivity index (χ3v) is 4.11. The molecule has 0 amide bonds. The Bertz CT molecular complexity index is 426. The van der Waals surface area contributed by atoms with E-state index >= 15 is 0 Å². The molecule has 0 bridgehead atoms. The summed E-state index contributed by atoms with van der Waals surface area (Å²) in [5.74, 6) is -1.58. The van der Waals surface area contributed by atoms with Crippen LogP contribution in [0.15, 0.2) is 4.47 Å². The van der Waals surface area contributed by atoms with Crippen LogP contribution in [0.5, 0.6) is 0 Å². The fourth-order valence-corrected chi connectivity index (χ4v) is 2.92. The summed E-state index contributed by atoms with van der Waals surface area (Å²) in [5.41, 5.74) is 0.861. The van der Waals surface area contributed by atoms with Gasteiger partial charge in [-0.05, 0) is 28.8 Å². The number of rotatable bonds is 3. The van der Waals surface area contributed by atoms with Gasteiger partial charge in [0.25, 0.3) is 0 Å². The lowest BCUT2D eigenvalue weighted by atomic mass is 10.1. The Hall–Kier alpha value is -0.780. The fourth-order valence-electron chi connectivity index (χ4n) is 2.27. The van der Waals surface area contributed by atoms with Gasteiger partial charge in [0.2, 0.25) is 5.92 Å². The number of aryl methyl sites for hydroxylation is 1. The molecule has 6 heteroatoms. The van der Waals surface area contributed by atoms with Gasteiger partial charge in [-0.2, -0.15) is 0 Å². The van der Waals surface area contributed by atoms with Crippen molar-refractivity contribution in [2.24, 2.45) is 0 Å². The molecule has 1 aromatic rings. The van der Waals surface area contributed by atoms with E-state index in [1.165, 1.54) is 0 Å². The SMILES string of the molecule is CCc1nc(C2CCC(F)(F)C2)nc(NC)c1Br. The first kappa shape index (κ1) is 13.6. The Kier molecular flexibility index (Phi) is 3.84. The van der Waals surface area contributed by atoms with Crippen LogP contribution < -0.4 is 5.32 Å². The molecule has 1 aromatic heterocycles. The fraction of sp³-hybridized carbons (Fsp3) is 0.667. The lowest BCUT2D eigenvalue weighted by Crippen LogP contribution is -2.12. The van der Waals surface area contributed by atoms with Gasteiger partial charge in [0, 0.05) is 25.8 Å². The van der Waals surface area contributed by atoms with E-state index in [0.717, 1.165) is 16.6 Å². The Labute approximate surface area is 114 Å². The molecule has 1 aliphatic carbocycles. The number of nitrogens with zero attached hydrogens (tertiary/aromatic N) is 2. The van der Waals surface area contributed by atoms with Crippen molar-refractivity contribution in [3.63, 3.8) is 0 Å². The molecule has 0 radical (unpaired) electrons. The molecule has 0 saturated heterocycles. The topological polar surface area (TPSA) is 37.8 Å². The summed E-state index contributed by atoms with van der Waals surface area (Å²) in [4.78, 5) is 8.76. The van der Waals surface area contributed by atoms with Gasteiger partial charge in [-0.25, -0.2) is 18.7 Å². The summed E-state index contributed by atoms with van der Waals surface area (Å²) in [7, 11) is 1.76. The van der Waals surface area contributed by atoms with Gasteiger partial charge in [-0.3, -0.25) is 0 Å². The summed E-state index contributed by atoms with van der Waals surface area (Å²) in [6.07, 6.45) is 1.00. The van der Waals surface area contributed by atoms with Crippen molar-refractivity contribution < 1.29 is 8.78 Å². The highest BCUT2D eigenvalue weighted by atomic mass is 79.9. The van der Waals surface area contributed by atoms with Crippen LogP contribution in [0, 0.1) is 0 Å². The number of hydrogen-bond acceptors (Lipinski definition) is 3. The van der Waals surface area contributed by atoms with Gasteiger partial charge in [0.15, 0.2) is 0 Å². The minimum atomic E-state index is -2.56. The van der Waals surface area contributed by atoms with Crippen molar-refractivity contribution in [2.45, 2.75) is 44.4 Å². The quantitative estimate of drug-likeness (QED) is 0.922. The predicted molar refractivity (Wildman–Crippen MR) is 70.2 cm³/mol. The second-order valence-corrected chi connectivity index (χ2v) is 5.38. The number of halogens is 3. The zero-order chi connectivity index (χ0) is 13.3. The highest BCUT2D eigenvalue weighted by molar-refractivity contribution is 9.10. The van der Waals surface area contributed by atoms with Crippen LogP contribution in [0.2, 0.25) is 0 Å². The molecule has 18 heavy (non-hydrogen) atoms. The zero-order valence-corrected chi connectivity index (χ0v) is 12.0. The monoisotopic (exact) mass is 319 g/mol. The van der Waals surface area contributed by atoms with E-state index in [1.807, 2.05) is 6.92 Å². The average Bonchev–Trinajstić information content (AvgIpc) is 2.70. The third kappa shape index (κ3) is 2.63. The van der Waals surface area contributed by atoms with Crippen LogP contribution in [0.4, 0.5) is 14.6 Å². The van der Waals surface area contributed by atoms with E-state index < -0.39 is 5.92 Å². The van der Waals surface area contributed by atoms with Crippen LogP contribution in [0.3, 0.4) is 0 Å². The molecule has 0 spiro atoms. The number of nitrogens with one attached hydrogen (secondary N) is 1. The van der Waals surface area contributed by atoms with Crippen molar-refractivity contribution in [3.8, 4) is 0 Å². The maximum absolute atomic E-state index is 13.2. The van der Waals surface area contributed by atoms with Gasteiger partial charge < -0.3 is 5.32 Å². The van der Waals surface area contributed by atoms with E-state index in [0.29, 0.717) is 18.1 Å². The minimum Gasteiger partial charge on any atom is -0.372 e. The summed E-state index contributed by atoms with van der Waals surface area (Å²) in [6, 6.07) is 0. The van der Waals surface area contributed by atoms with Gasteiger partial charge in [-0.1, -0.05) is 6.92 Å². The van der Waals surface area contributed by atoms with Crippen LogP contribution in [0.1, 0.15) is 43.6 Å². The summed E-state index contributed by atoms with van der Waals surface area (Å²) in [5, 5.41) is 2.97. The standard InChI is InChI=1S/C12H16BrF2N3/c1-3-8-9(13)11(16-2)18-10(17-8)7-4-5-12(14,15)6-7/h7H,3-6H2,1-2H3,(H,16,17,18). The Balaban J connectivity index is 2.34. The van der Waals surface area contributed by atoms with Crippen molar-refractivity contribution in [2.75, 3.05) is 12.4 Å². The first-order chi connectivity index (χ1) is 8.46. The molecule has 2 rings (SSSR count).